The van der Waals surface area contributed by atoms with Crippen LogP contribution in [0.3, 0.4) is 0 Å². The van der Waals surface area contributed by atoms with Gasteiger partial charge in [0, 0.05) is 5.57 Å². The standard InChI is InChI=1S/C6H8O/c1-3-4-6(2)5-7/h5,7H,1-2H3. The fourth-order valence-electron chi connectivity index (χ4n) is 0.229. The molecule has 0 saturated carbocycles. The van der Waals surface area contributed by atoms with Crippen LogP contribution in [0.2, 0.25) is 0 Å². The average molecular weight is 96.1 g/mol. The number of hydrogen-bond donors (Lipinski definition) is 1. The lowest BCUT2D eigenvalue weighted by Crippen LogP contribution is -1.64. The Bertz CT molecular complexity index is 123. The maximum absolute atomic E-state index is 8.20. The second kappa shape index (κ2) is 3.30. The highest BCUT2D eigenvalue weighted by atomic mass is 16.2. The first-order valence-corrected chi connectivity index (χ1v) is 2.05. The molecule has 0 aromatic rings. The van der Waals surface area contributed by atoms with Crippen LogP contribution >= 0.6 is 0 Å². The predicted molar refractivity (Wildman–Crippen MR) is 29.8 cm³/mol. The summed E-state index contributed by atoms with van der Waals surface area (Å²) in [5.74, 6) is 5.30. The largest absolute Gasteiger partial charge is 0.515 e. The molecule has 0 rings (SSSR count). The Morgan fingerprint density at radius 3 is 2.43 bits per heavy atom. The van der Waals surface area contributed by atoms with E-state index in [4.69, 9.17) is 5.11 Å². The minimum absolute atomic E-state index is 0.697. The van der Waals surface area contributed by atoms with Crippen LogP contribution in [0.25, 0.3) is 0 Å². The number of aliphatic hydroxyl groups is 1. The molecular formula is C6H8O. The Balaban J connectivity index is 3.75. The van der Waals surface area contributed by atoms with E-state index in [1.807, 2.05) is 0 Å². The smallest absolute Gasteiger partial charge is 0.0904 e. The van der Waals surface area contributed by atoms with E-state index in [1.165, 1.54) is 0 Å². The van der Waals surface area contributed by atoms with E-state index in [9.17, 15) is 0 Å². The molecule has 0 aromatic heterocycles. The van der Waals surface area contributed by atoms with Crippen molar-refractivity contribution in [1.82, 2.24) is 0 Å². The molecule has 0 bridgehead atoms. The van der Waals surface area contributed by atoms with Crippen molar-refractivity contribution in [2.75, 3.05) is 0 Å². The van der Waals surface area contributed by atoms with Gasteiger partial charge in [0.1, 0.15) is 0 Å². The summed E-state index contributed by atoms with van der Waals surface area (Å²) in [7, 11) is 0. The van der Waals surface area contributed by atoms with Crippen molar-refractivity contribution in [3.8, 4) is 11.8 Å². The quantitative estimate of drug-likeness (QED) is 0.357. The molecule has 0 radical (unpaired) electrons. The van der Waals surface area contributed by atoms with Gasteiger partial charge in [-0.05, 0) is 13.8 Å². The second-order valence-electron chi connectivity index (χ2n) is 1.19. The summed E-state index contributed by atoms with van der Waals surface area (Å²) in [5.41, 5.74) is 0.697. The summed E-state index contributed by atoms with van der Waals surface area (Å²) < 4.78 is 0. The predicted octanol–water partition coefficient (Wildman–Crippen LogP) is 1.47. The van der Waals surface area contributed by atoms with Crippen LogP contribution in [-0.2, 0) is 0 Å². The Kier molecular flexibility index (Phi) is 2.87. The third kappa shape index (κ3) is 2.92. The number of rotatable bonds is 0. The molecule has 0 spiro atoms. The van der Waals surface area contributed by atoms with Crippen LogP contribution in [0.4, 0.5) is 0 Å². The third-order valence-electron chi connectivity index (χ3n) is 0.516. The van der Waals surface area contributed by atoms with Crippen LogP contribution in [0.5, 0.6) is 0 Å². The third-order valence-corrected chi connectivity index (χ3v) is 0.516. The second-order valence-corrected chi connectivity index (χ2v) is 1.19. The van der Waals surface area contributed by atoms with Gasteiger partial charge in [-0.3, -0.25) is 0 Å². The van der Waals surface area contributed by atoms with Gasteiger partial charge in [-0.1, -0.05) is 5.92 Å². The highest BCUT2D eigenvalue weighted by molar-refractivity contribution is 5.23. The molecule has 0 amide bonds. The van der Waals surface area contributed by atoms with Crippen LogP contribution in [0.1, 0.15) is 13.8 Å². The zero-order valence-corrected chi connectivity index (χ0v) is 4.52. The summed E-state index contributed by atoms with van der Waals surface area (Å²) in [6.45, 7) is 3.48. The monoisotopic (exact) mass is 96.1 g/mol. The van der Waals surface area contributed by atoms with Gasteiger partial charge < -0.3 is 5.11 Å². The molecule has 0 fully saturated rings. The molecule has 0 aliphatic carbocycles. The van der Waals surface area contributed by atoms with Gasteiger partial charge in [0.25, 0.3) is 0 Å². The molecule has 1 nitrogen and oxygen atoms in total. The molecule has 1 N–H and O–H groups in total. The average Bonchev–Trinajstić information content (AvgIpc) is 1.68. The molecular weight excluding hydrogens is 88.1 g/mol. The van der Waals surface area contributed by atoms with E-state index in [-0.39, 0.29) is 0 Å². The van der Waals surface area contributed by atoms with E-state index in [1.54, 1.807) is 13.8 Å². The molecule has 0 heterocycles. The van der Waals surface area contributed by atoms with E-state index in [0.29, 0.717) is 5.57 Å². The van der Waals surface area contributed by atoms with Gasteiger partial charge >= 0.3 is 0 Å². The molecule has 0 atom stereocenters. The normalized spacial score (nSPS) is 9.71. The Hall–Kier alpha value is -0.900. The van der Waals surface area contributed by atoms with Gasteiger partial charge in [-0.2, -0.15) is 0 Å². The summed E-state index contributed by atoms with van der Waals surface area (Å²) >= 11 is 0. The molecule has 7 heavy (non-hydrogen) atoms. The topological polar surface area (TPSA) is 20.2 Å². The van der Waals surface area contributed by atoms with Crippen molar-refractivity contribution < 1.29 is 5.11 Å². The highest BCUT2D eigenvalue weighted by Crippen LogP contribution is 1.82. The molecule has 0 aromatic carbocycles. The van der Waals surface area contributed by atoms with Crippen molar-refractivity contribution in [3.63, 3.8) is 0 Å². The van der Waals surface area contributed by atoms with Crippen LogP contribution in [-0.4, -0.2) is 5.11 Å². The number of aliphatic hydroxyl groups excluding tert-OH is 1. The van der Waals surface area contributed by atoms with E-state index in [0.717, 1.165) is 6.26 Å². The minimum Gasteiger partial charge on any atom is -0.515 e. The molecule has 0 aliphatic heterocycles. The summed E-state index contributed by atoms with van der Waals surface area (Å²) in [6, 6.07) is 0. The zero-order chi connectivity index (χ0) is 5.70. The molecule has 38 valence electrons. The first-order chi connectivity index (χ1) is 3.31. The maximum Gasteiger partial charge on any atom is 0.0904 e. The molecule has 0 unspecified atom stereocenters. The summed E-state index contributed by atoms with van der Waals surface area (Å²) in [6.07, 6.45) is 0.997. The summed E-state index contributed by atoms with van der Waals surface area (Å²) in [5, 5.41) is 8.20. The van der Waals surface area contributed by atoms with Crippen LogP contribution in [0.15, 0.2) is 11.8 Å². The van der Waals surface area contributed by atoms with Crippen molar-refractivity contribution in [2.45, 2.75) is 13.8 Å². The van der Waals surface area contributed by atoms with Crippen LogP contribution < -0.4 is 0 Å². The first-order valence-electron chi connectivity index (χ1n) is 2.05. The van der Waals surface area contributed by atoms with Crippen molar-refractivity contribution in [2.24, 2.45) is 0 Å². The van der Waals surface area contributed by atoms with Crippen LogP contribution in [0, 0.1) is 11.8 Å². The van der Waals surface area contributed by atoms with E-state index < -0.39 is 0 Å². The SMILES string of the molecule is CC#CC(C)=CO. The molecule has 1 heteroatoms. The number of hydrogen-bond acceptors (Lipinski definition) is 1. The van der Waals surface area contributed by atoms with Crippen molar-refractivity contribution >= 4 is 0 Å². The Morgan fingerprint density at radius 2 is 2.29 bits per heavy atom. The number of allylic oxidation sites excluding steroid dienone is 1. The van der Waals surface area contributed by atoms with Gasteiger partial charge in [-0.15, -0.1) is 5.92 Å². The van der Waals surface area contributed by atoms with Crippen molar-refractivity contribution in [1.29, 1.82) is 0 Å². The van der Waals surface area contributed by atoms with Gasteiger partial charge in [0.2, 0.25) is 0 Å². The van der Waals surface area contributed by atoms with Gasteiger partial charge in [-0.25, -0.2) is 0 Å². The minimum atomic E-state index is 0.697. The molecule has 0 saturated heterocycles. The van der Waals surface area contributed by atoms with E-state index in [2.05, 4.69) is 11.8 Å². The Morgan fingerprint density at radius 1 is 1.71 bits per heavy atom. The van der Waals surface area contributed by atoms with Crippen molar-refractivity contribution in [3.05, 3.63) is 11.8 Å². The first kappa shape index (κ1) is 6.10. The zero-order valence-electron chi connectivity index (χ0n) is 4.52. The van der Waals surface area contributed by atoms with Gasteiger partial charge in [0.05, 0.1) is 6.26 Å². The Labute approximate surface area is 43.7 Å². The molecule has 0 aliphatic rings. The maximum atomic E-state index is 8.20. The fourth-order valence-corrected chi connectivity index (χ4v) is 0.229. The fraction of sp³-hybridized carbons (Fsp3) is 0.333. The lowest BCUT2D eigenvalue weighted by atomic mass is 10.3. The summed E-state index contributed by atoms with van der Waals surface area (Å²) in [4.78, 5) is 0. The van der Waals surface area contributed by atoms with E-state index >= 15 is 0 Å². The van der Waals surface area contributed by atoms with Gasteiger partial charge in [0.15, 0.2) is 0 Å². The highest BCUT2D eigenvalue weighted by Gasteiger charge is 1.71. The lowest BCUT2D eigenvalue weighted by molar-refractivity contribution is 0.469. The lowest BCUT2D eigenvalue weighted by Gasteiger charge is -1.75.